The standard InChI is InChI=1S/C12H16FN3OS/c1-3-18(17)5-4-16-11-6-8(2)9(13)7-10(11)15-12(16)14/h6-7H,3-5H2,1-2H3,(H2,14,15). The molecule has 2 aromatic rings. The Hall–Kier alpha value is -1.43. The summed E-state index contributed by atoms with van der Waals surface area (Å²) in [5.41, 5.74) is 7.70. The van der Waals surface area contributed by atoms with Gasteiger partial charge in [-0.15, -0.1) is 0 Å². The second-order valence-corrected chi connectivity index (χ2v) is 6.01. The topological polar surface area (TPSA) is 60.9 Å². The van der Waals surface area contributed by atoms with E-state index in [-0.39, 0.29) is 5.82 Å². The van der Waals surface area contributed by atoms with Crippen LogP contribution in [0.3, 0.4) is 0 Å². The van der Waals surface area contributed by atoms with Crippen LogP contribution in [-0.2, 0) is 17.3 Å². The summed E-state index contributed by atoms with van der Waals surface area (Å²) in [6.07, 6.45) is 0. The van der Waals surface area contributed by atoms with Crippen LogP contribution >= 0.6 is 0 Å². The number of nitrogens with zero attached hydrogens (tertiary/aromatic N) is 2. The summed E-state index contributed by atoms with van der Waals surface area (Å²) in [7, 11) is -0.851. The zero-order chi connectivity index (χ0) is 13.3. The number of hydrogen-bond acceptors (Lipinski definition) is 3. The minimum Gasteiger partial charge on any atom is -0.369 e. The van der Waals surface area contributed by atoms with Crippen molar-refractivity contribution in [2.24, 2.45) is 0 Å². The second kappa shape index (κ2) is 5.06. The number of anilines is 1. The van der Waals surface area contributed by atoms with E-state index in [1.807, 2.05) is 6.92 Å². The van der Waals surface area contributed by atoms with Crippen LogP contribution in [-0.4, -0.2) is 25.3 Å². The highest BCUT2D eigenvalue weighted by molar-refractivity contribution is 7.84. The number of nitrogens with two attached hydrogens (primary N) is 1. The molecule has 0 aliphatic carbocycles. The van der Waals surface area contributed by atoms with E-state index in [0.29, 0.717) is 35.1 Å². The van der Waals surface area contributed by atoms with Crippen molar-refractivity contribution in [1.29, 1.82) is 0 Å². The maximum atomic E-state index is 13.4. The fraction of sp³-hybridized carbons (Fsp3) is 0.417. The summed E-state index contributed by atoms with van der Waals surface area (Å²) in [4.78, 5) is 4.12. The molecule has 0 spiro atoms. The van der Waals surface area contributed by atoms with E-state index >= 15 is 0 Å². The minimum absolute atomic E-state index is 0.288. The highest BCUT2D eigenvalue weighted by atomic mass is 32.2. The predicted molar refractivity (Wildman–Crippen MR) is 72.4 cm³/mol. The third-order valence-corrected chi connectivity index (χ3v) is 4.20. The Balaban J connectivity index is 2.40. The zero-order valence-corrected chi connectivity index (χ0v) is 11.3. The third kappa shape index (κ3) is 2.38. The fourth-order valence-electron chi connectivity index (χ4n) is 1.84. The summed E-state index contributed by atoms with van der Waals surface area (Å²) < 4.78 is 26.7. The molecule has 0 bridgehead atoms. The number of aromatic nitrogens is 2. The molecular weight excluding hydrogens is 253 g/mol. The van der Waals surface area contributed by atoms with E-state index in [4.69, 9.17) is 5.73 Å². The Morgan fingerprint density at radius 3 is 2.89 bits per heavy atom. The number of fused-ring (bicyclic) bond motifs is 1. The molecule has 1 aromatic heterocycles. The molecular formula is C12H16FN3OS. The van der Waals surface area contributed by atoms with E-state index in [1.165, 1.54) is 6.07 Å². The number of rotatable bonds is 4. The van der Waals surface area contributed by atoms with E-state index in [9.17, 15) is 8.60 Å². The summed E-state index contributed by atoms with van der Waals surface area (Å²) >= 11 is 0. The van der Waals surface area contributed by atoms with Gasteiger partial charge in [0.2, 0.25) is 5.95 Å². The van der Waals surface area contributed by atoms with Crippen molar-refractivity contribution in [3.63, 3.8) is 0 Å². The van der Waals surface area contributed by atoms with Gasteiger partial charge in [-0.1, -0.05) is 6.92 Å². The number of hydrogen-bond donors (Lipinski definition) is 1. The first kappa shape index (κ1) is 13.0. The molecule has 0 aliphatic heterocycles. The van der Waals surface area contributed by atoms with Gasteiger partial charge in [0.05, 0.1) is 11.0 Å². The number of imidazole rings is 1. The van der Waals surface area contributed by atoms with Gasteiger partial charge in [0.15, 0.2) is 0 Å². The molecule has 4 nitrogen and oxygen atoms in total. The largest absolute Gasteiger partial charge is 0.369 e. The van der Waals surface area contributed by atoms with Gasteiger partial charge in [0.25, 0.3) is 0 Å². The summed E-state index contributed by atoms with van der Waals surface area (Å²) in [6.45, 7) is 4.12. The van der Waals surface area contributed by atoms with Gasteiger partial charge in [-0.2, -0.15) is 0 Å². The van der Waals surface area contributed by atoms with Gasteiger partial charge in [-0.05, 0) is 18.6 Å². The maximum absolute atomic E-state index is 13.4. The summed E-state index contributed by atoms with van der Waals surface area (Å²) in [5.74, 6) is 1.20. The van der Waals surface area contributed by atoms with Crippen LogP contribution in [0.5, 0.6) is 0 Å². The monoisotopic (exact) mass is 269 g/mol. The van der Waals surface area contributed by atoms with Crippen LogP contribution in [0.1, 0.15) is 12.5 Å². The lowest BCUT2D eigenvalue weighted by atomic mass is 10.2. The van der Waals surface area contributed by atoms with Gasteiger partial charge < -0.3 is 10.3 Å². The second-order valence-electron chi connectivity index (χ2n) is 4.14. The zero-order valence-electron chi connectivity index (χ0n) is 10.4. The average molecular weight is 269 g/mol. The lowest BCUT2D eigenvalue weighted by Gasteiger charge is -2.06. The van der Waals surface area contributed by atoms with Crippen LogP contribution < -0.4 is 5.73 Å². The molecule has 6 heteroatoms. The van der Waals surface area contributed by atoms with Crippen LogP contribution in [0.4, 0.5) is 10.3 Å². The smallest absolute Gasteiger partial charge is 0.201 e. The van der Waals surface area contributed by atoms with Gasteiger partial charge in [-0.3, -0.25) is 4.21 Å². The Kier molecular flexibility index (Phi) is 3.65. The number of nitrogen functional groups attached to an aromatic ring is 1. The summed E-state index contributed by atoms with van der Waals surface area (Å²) in [6, 6.07) is 3.11. The van der Waals surface area contributed by atoms with Gasteiger partial charge in [0.1, 0.15) is 5.82 Å². The van der Waals surface area contributed by atoms with E-state index in [1.54, 1.807) is 17.6 Å². The third-order valence-electron chi connectivity index (χ3n) is 2.92. The average Bonchev–Trinajstić information content (AvgIpc) is 2.62. The molecule has 0 aliphatic rings. The fourth-order valence-corrected chi connectivity index (χ4v) is 2.52. The Bertz CT molecular complexity index is 609. The van der Waals surface area contributed by atoms with Crippen LogP contribution in [0, 0.1) is 12.7 Å². The normalized spacial score (nSPS) is 13.1. The molecule has 1 unspecified atom stereocenters. The first-order valence-electron chi connectivity index (χ1n) is 5.79. The van der Waals surface area contributed by atoms with Gasteiger partial charge in [-0.25, -0.2) is 9.37 Å². The lowest BCUT2D eigenvalue weighted by molar-refractivity contribution is 0.620. The Labute approximate surface area is 107 Å². The van der Waals surface area contributed by atoms with E-state index in [0.717, 1.165) is 5.52 Å². The molecule has 0 fully saturated rings. The molecule has 1 heterocycles. The quantitative estimate of drug-likeness (QED) is 0.921. The van der Waals surface area contributed by atoms with Crippen molar-refractivity contribution < 1.29 is 8.60 Å². The van der Waals surface area contributed by atoms with Crippen molar-refractivity contribution in [1.82, 2.24) is 9.55 Å². The van der Waals surface area contributed by atoms with Crippen LogP contribution in [0.25, 0.3) is 11.0 Å². The SMILES string of the molecule is CCS(=O)CCn1c(N)nc2cc(F)c(C)cc21. The molecule has 0 amide bonds. The molecule has 98 valence electrons. The molecule has 18 heavy (non-hydrogen) atoms. The molecule has 1 atom stereocenters. The minimum atomic E-state index is -0.851. The first-order valence-corrected chi connectivity index (χ1v) is 7.28. The highest BCUT2D eigenvalue weighted by Gasteiger charge is 2.11. The van der Waals surface area contributed by atoms with Crippen molar-refractivity contribution in [2.75, 3.05) is 17.2 Å². The lowest BCUT2D eigenvalue weighted by Crippen LogP contribution is -2.11. The van der Waals surface area contributed by atoms with Crippen molar-refractivity contribution in [3.05, 3.63) is 23.5 Å². The van der Waals surface area contributed by atoms with Gasteiger partial charge >= 0.3 is 0 Å². The molecule has 2 N–H and O–H groups in total. The number of halogens is 1. The molecule has 1 aromatic carbocycles. The first-order chi connectivity index (χ1) is 8.52. The van der Waals surface area contributed by atoms with E-state index in [2.05, 4.69) is 4.98 Å². The Morgan fingerprint density at radius 1 is 1.50 bits per heavy atom. The maximum Gasteiger partial charge on any atom is 0.201 e. The van der Waals surface area contributed by atoms with Crippen molar-refractivity contribution >= 4 is 27.8 Å². The summed E-state index contributed by atoms with van der Waals surface area (Å²) in [5, 5.41) is 0. The van der Waals surface area contributed by atoms with Crippen molar-refractivity contribution in [2.45, 2.75) is 20.4 Å². The van der Waals surface area contributed by atoms with Crippen molar-refractivity contribution in [3.8, 4) is 0 Å². The molecule has 0 radical (unpaired) electrons. The predicted octanol–water partition coefficient (Wildman–Crippen LogP) is 1.83. The Morgan fingerprint density at radius 2 is 2.22 bits per heavy atom. The van der Waals surface area contributed by atoms with E-state index < -0.39 is 10.8 Å². The van der Waals surface area contributed by atoms with Gasteiger partial charge in [0, 0.05) is 34.9 Å². The van der Waals surface area contributed by atoms with Crippen LogP contribution in [0.2, 0.25) is 0 Å². The molecule has 0 saturated heterocycles. The highest BCUT2D eigenvalue weighted by Crippen LogP contribution is 2.21. The molecule has 0 saturated carbocycles. The molecule has 2 rings (SSSR count). The number of benzene rings is 1. The van der Waals surface area contributed by atoms with Crippen LogP contribution in [0.15, 0.2) is 12.1 Å². The number of aryl methyl sites for hydroxylation is 2.